The van der Waals surface area contributed by atoms with E-state index in [1.807, 2.05) is 0 Å². The van der Waals surface area contributed by atoms with Crippen LogP contribution in [0.1, 0.15) is 12.0 Å². The van der Waals surface area contributed by atoms with Gasteiger partial charge in [0.1, 0.15) is 11.6 Å². The summed E-state index contributed by atoms with van der Waals surface area (Å²) in [6, 6.07) is 9.16. The van der Waals surface area contributed by atoms with E-state index in [1.165, 1.54) is 24.3 Å². The fourth-order valence-electron chi connectivity index (χ4n) is 3.39. The zero-order valence-corrected chi connectivity index (χ0v) is 16.7. The Morgan fingerprint density at radius 2 is 1.83 bits per heavy atom. The van der Waals surface area contributed by atoms with E-state index in [0.717, 1.165) is 0 Å². The fraction of sp³-hybridized carbons (Fsp3) is 0.273. The van der Waals surface area contributed by atoms with Crippen LogP contribution < -0.4 is 0 Å². The lowest BCUT2D eigenvalue weighted by Gasteiger charge is -2.34. The summed E-state index contributed by atoms with van der Waals surface area (Å²) in [4.78, 5) is 27.5. The van der Waals surface area contributed by atoms with Crippen molar-refractivity contribution >= 4 is 23.4 Å². The molecular weight excluding hydrogens is 395 g/mol. The predicted octanol–water partition coefficient (Wildman–Crippen LogP) is 3.64. The van der Waals surface area contributed by atoms with Gasteiger partial charge in [-0.3, -0.25) is 9.59 Å². The number of rotatable bonds is 5. The number of aromatic hydroxyl groups is 1. The summed E-state index contributed by atoms with van der Waals surface area (Å²) < 4.78 is 13.6. The van der Waals surface area contributed by atoms with Crippen molar-refractivity contribution in [2.24, 2.45) is 0 Å². The molecule has 1 aliphatic heterocycles. The van der Waals surface area contributed by atoms with E-state index in [-0.39, 0.29) is 29.8 Å². The van der Waals surface area contributed by atoms with Gasteiger partial charge in [-0.1, -0.05) is 30.3 Å². The molecule has 5 nitrogen and oxygen atoms in total. The van der Waals surface area contributed by atoms with Gasteiger partial charge in [-0.15, -0.1) is 0 Å². The number of carbonyl (C=O) groups excluding carboxylic acids is 2. The molecule has 2 aromatic rings. The van der Waals surface area contributed by atoms with Crippen LogP contribution in [-0.4, -0.2) is 52.9 Å². The molecule has 0 radical (unpaired) electrons. The normalized spacial score (nSPS) is 14.0. The van der Waals surface area contributed by atoms with E-state index in [1.54, 1.807) is 28.0 Å². The van der Waals surface area contributed by atoms with Crippen molar-refractivity contribution in [2.45, 2.75) is 12.8 Å². The van der Waals surface area contributed by atoms with E-state index in [4.69, 9.17) is 11.6 Å². The quantitative estimate of drug-likeness (QED) is 0.757. The minimum atomic E-state index is -0.377. The molecule has 1 N–H and O–H groups in total. The van der Waals surface area contributed by atoms with Crippen LogP contribution in [0.2, 0.25) is 5.02 Å². The van der Waals surface area contributed by atoms with Gasteiger partial charge in [-0.25, -0.2) is 4.39 Å². The lowest BCUT2D eigenvalue weighted by atomic mass is 9.99. The first-order valence-electron chi connectivity index (χ1n) is 9.35. The first-order chi connectivity index (χ1) is 13.9. The maximum absolute atomic E-state index is 13.6. The molecule has 1 saturated heterocycles. The van der Waals surface area contributed by atoms with Gasteiger partial charge in [0.05, 0.1) is 5.02 Å². The summed E-state index contributed by atoms with van der Waals surface area (Å²) in [5.41, 5.74) is 1.77. The summed E-state index contributed by atoms with van der Waals surface area (Å²) >= 11 is 6.23. The van der Waals surface area contributed by atoms with Gasteiger partial charge in [0, 0.05) is 38.2 Å². The van der Waals surface area contributed by atoms with Crippen molar-refractivity contribution in [3.63, 3.8) is 0 Å². The summed E-state index contributed by atoms with van der Waals surface area (Å²) in [5, 5.41) is 10.5. The third-order valence-corrected chi connectivity index (χ3v) is 5.34. The highest BCUT2D eigenvalue weighted by atomic mass is 35.5. The van der Waals surface area contributed by atoms with Crippen molar-refractivity contribution in [1.82, 2.24) is 9.80 Å². The zero-order chi connectivity index (χ0) is 21.0. The lowest BCUT2D eigenvalue weighted by molar-refractivity contribution is -0.137. The van der Waals surface area contributed by atoms with Crippen molar-refractivity contribution in [3.8, 4) is 16.9 Å². The SMILES string of the molecule is C=CC(=O)N1CCN(C(=O)CCc2cc(-c3cccc(F)c3)c(Cl)cc2O)CC1. The first-order valence-corrected chi connectivity index (χ1v) is 9.73. The van der Waals surface area contributed by atoms with E-state index in [2.05, 4.69) is 6.58 Å². The van der Waals surface area contributed by atoms with Gasteiger partial charge in [0.15, 0.2) is 0 Å². The zero-order valence-electron chi connectivity index (χ0n) is 15.9. The van der Waals surface area contributed by atoms with Crippen LogP contribution in [-0.2, 0) is 16.0 Å². The topological polar surface area (TPSA) is 60.9 Å². The summed E-state index contributed by atoms with van der Waals surface area (Å²) in [5.74, 6) is -0.549. The Balaban J connectivity index is 1.66. The predicted molar refractivity (Wildman–Crippen MR) is 110 cm³/mol. The Labute approximate surface area is 174 Å². The fourth-order valence-corrected chi connectivity index (χ4v) is 3.66. The van der Waals surface area contributed by atoms with Crippen molar-refractivity contribution in [1.29, 1.82) is 0 Å². The van der Waals surface area contributed by atoms with Gasteiger partial charge in [-0.2, -0.15) is 0 Å². The highest BCUT2D eigenvalue weighted by Crippen LogP contribution is 2.34. The Morgan fingerprint density at radius 1 is 1.14 bits per heavy atom. The van der Waals surface area contributed by atoms with Crippen molar-refractivity contribution in [2.75, 3.05) is 26.2 Å². The van der Waals surface area contributed by atoms with Crippen LogP contribution in [0, 0.1) is 5.82 Å². The molecule has 2 aromatic carbocycles. The summed E-state index contributed by atoms with van der Waals surface area (Å²) in [6.45, 7) is 5.38. The molecule has 7 heteroatoms. The highest BCUT2D eigenvalue weighted by molar-refractivity contribution is 6.33. The number of benzene rings is 2. The molecular formula is C22H22ClFN2O3. The Kier molecular flexibility index (Phi) is 6.54. The standard InChI is InChI=1S/C22H22ClFN2O3/c1-2-21(28)25-8-10-26(11-9-25)22(29)7-6-16-13-18(19(23)14-20(16)27)15-4-3-5-17(24)12-15/h2-5,12-14,27H,1,6-11H2. The van der Waals surface area contributed by atoms with Crippen molar-refractivity contribution in [3.05, 3.63) is 65.5 Å². The first kappa shape index (κ1) is 20.9. The van der Waals surface area contributed by atoms with Gasteiger partial charge < -0.3 is 14.9 Å². The number of halogens is 2. The smallest absolute Gasteiger partial charge is 0.246 e. The van der Waals surface area contributed by atoms with Crippen LogP contribution in [0.25, 0.3) is 11.1 Å². The van der Waals surface area contributed by atoms with Crippen LogP contribution >= 0.6 is 11.6 Å². The maximum atomic E-state index is 13.6. The van der Waals surface area contributed by atoms with E-state index in [9.17, 15) is 19.1 Å². The Hall–Kier alpha value is -2.86. The molecule has 152 valence electrons. The third-order valence-electron chi connectivity index (χ3n) is 5.03. The molecule has 0 atom stereocenters. The average molecular weight is 417 g/mol. The minimum Gasteiger partial charge on any atom is -0.508 e. The van der Waals surface area contributed by atoms with E-state index < -0.39 is 0 Å². The summed E-state index contributed by atoms with van der Waals surface area (Å²) in [6.07, 6.45) is 1.82. The minimum absolute atomic E-state index is 0.00403. The van der Waals surface area contributed by atoms with E-state index >= 15 is 0 Å². The maximum Gasteiger partial charge on any atom is 0.246 e. The van der Waals surface area contributed by atoms with Gasteiger partial charge in [0.2, 0.25) is 11.8 Å². The van der Waals surface area contributed by atoms with Gasteiger partial charge >= 0.3 is 0 Å². The number of phenols is 1. The molecule has 29 heavy (non-hydrogen) atoms. The molecule has 0 spiro atoms. The van der Waals surface area contributed by atoms with Crippen LogP contribution in [0.5, 0.6) is 5.75 Å². The number of phenolic OH excluding ortho intramolecular Hbond substituents is 1. The second-order valence-corrected chi connectivity index (χ2v) is 7.29. The lowest BCUT2D eigenvalue weighted by Crippen LogP contribution is -2.50. The molecule has 1 aliphatic rings. The van der Waals surface area contributed by atoms with Gasteiger partial charge in [0.25, 0.3) is 0 Å². The number of hydrogen-bond donors (Lipinski definition) is 1. The molecule has 0 aliphatic carbocycles. The van der Waals surface area contributed by atoms with Crippen LogP contribution in [0.3, 0.4) is 0 Å². The molecule has 1 fully saturated rings. The van der Waals surface area contributed by atoms with Crippen LogP contribution in [0.15, 0.2) is 49.1 Å². The molecule has 0 aromatic heterocycles. The second-order valence-electron chi connectivity index (χ2n) is 6.88. The van der Waals surface area contributed by atoms with Crippen molar-refractivity contribution < 1.29 is 19.1 Å². The Morgan fingerprint density at radius 3 is 2.48 bits per heavy atom. The molecule has 1 heterocycles. The Bertz CT molecular complexity index is 940. The number of nitrogens with zero attached hydrogens (tertiary/aromatic N) is 2. The second kappa shape index (κ2) is 9.09. The van der Waals surface area contributed by atoms with Crippen LogP contribution in [0.4, 0.5) is 4.39 Å². The summed E-state index contributed by atoms with van der Waals surface area (Å²) in [7, 11) is 0. The molecule has 2 amide bonds. The van der Waals surface area contributed by atoms with E-state index in [0.29, 0.717) is 54.3 Å². The third kappa shape index (κ3) is 4.95. The molecule has 0 unspecified atom stereocenters. The highest BCUT2D eigenvalue weighted by Gasteiger charge is 2.23. The molecule has 3 rings (SSSR count). The number of hydrogen-bond acceptors (Lipinski definition) is 3. The number of carbonyl (C=O) groups is 2. The number of piperazine rings is 1. The molecule has 0 saturated carbocycles. The largest absolute Gasteiger partial charge is 0.508 e. The number of amides is 2. The monoisotopic (exact) mass is 416 g/mol. The molecule has 0 bridgehead atoms. The number of aryl methyl sites for hydroxylation is 1. The van der Waals surface area contributed by atoms with Gasteiger partial charge in [-0.05, 0) is 47.9 Å². The average Bonchev–Trinajstić information content (AvgIpc) is 2.72.